The molecule has 2 rings (SSSR count). The Morgan fingerprint density at radius 1 is 1.08 bits per heavy atom. The minimum absolute atomic E-state index is 0.106. The van der Waals surface area contributed by atoms with Crippen molar-refractivity contribution in [1.82, 2.24) is 5.32 Å². The molecule has 0 saturated heterocycles. The molecule has 0 unspecified atom stereocenters. The molecule has 0 saturated carbocycles. The number of azo groups is 1. The number of nitro groups is 1. The average Bonchev–Trinajstić information content (AvgIpc) is 2.93. The number of hydrogen-bond donors (Lipinski definition) is 1. The van der Waals surface area contributed by atoms with Crippen molar-refractivity contribution in [2.75, 3.05) is 50.9 Å². The zero-order chi connectivity index (χ0) is 28.5. The van der Waals surface area contributed by atoms with E-state index < -0.39 is 4.92 Å². The van der Waals surface area contributed by atoms with Gasteiger partial charge in [-0.15, -0.1) is 5.11 Å². The van der Waals surface area contributed by atoms with E-state index in [0.29, 0.717) is 44.1 Å². The Morgan fingerprint density at radius 3 is 2.41 bits per heavy atom. The first-order chi connectivity index (χ1) is 18.9. The van der Waals surface area contributed by atoms with E-state index >= 15 is 0 Å². The van der Waals surface area contributed by atoms with Crippen molar-refractivity contribution in [2.45, 2.75) is 46.3 Å². The number of rotatable bonds is 19. The number of esters is 1. The van der Waals surface area contributed by atoms with Gasteiger partial charge < -0.3 is 24.4 Å². The van der Waals surface area contributed by atoms with Gasteiger partial charge in [0, 0.05) is 44.1 Å². The normalized spacial score (nSPS) is 11.3. The minimum atomic E-state index is -0.518. The van der Waals surface area contributed by atoms with E-state index in [1.165, 1.54) is 18.2 Å². The Morgan fingerprint density at radius 2 is 1.79 bits per heavy atom. The van der Waals surface area contributed by atoms with Crippen molar-refractivity contribution in [3.05, 3.63) is 57.6 Å². The van der Waals surface area contributed by atoms with E-state index in [0.717, 1.165) is 31.6 Å². The first-order valence-electron chi connectivity index (χ1n) is 13.2. The highest BCUT2D eigenvalue weighted by molar-refractivity contribution is 6.33. The highest BCUT2D eigenvalue weighted by atomic mass is 35.5. The van der Waals surface area contributed by atoms with Crippen LogP contribution in [0.1, 0.15) is 40.0 Å². The van der Waals surface area contributed by atoms with Gasteiger partial charge in [0.1, 0.15) is 12.3 Å². The molecule has 0 radical (unpaired) electrons. The molecule has 12 heteroatoms. The molecule has 0 atom stereocenters. The molecule has 0 bridgehead atoms. The summed E-state index contributed by atoms with van der Waals surface area (Å²) in [5.74, 6) is -0.235. The zero-order valence-corrected chi connectivity index (χ0v) is 23.6. The average molecular weight is 564 g/mol. The minimum Gasteiger partial charge on any atom is -0.464 e. The molecule has 0 spiro atoms. The maximum Gasteiger partial charge on any atom is 0.307 e. The summed E-state index contributed by atoms with van der Waals surface area (Å²) in [6.07, 6.45) is 1.85. The van der Waals surface area contributed by atoms with Crippen LogP contribution in [-0.2, 0) is 19.0 Å². The van der Waals surface area contributed by atoms with Crippen molar-refractivity contribution in [1.29, 1.82) is 0 Å². The molecule has 0 aromatic heterocycles. The third-order valence-electron chi connectivity index (χ3n) is 5.64. The Kier molecular flexibility index (Phi) is 15.0. The van der Waals surface area contributed by atoms with Gasteiger partial charge in [-0.3, -0.25) is 14.9 Å². The highest BCUT2D eigenvalue weighted by Gasteiger charge is 2.10. The number of hydrogen-bond acceptors (Lipinski definition) is 10. The monoisotopic (exact) mass is 563 g/mol. The SMILES string of the molecule is CCOC(CCCNCCC(=O)OCCN(CC)c1ccc(N=Nc2ccc([N+](=O)[O-])cc2Cl)cc1)OCC. The van der Waals surface area contributed by atoms with E-state index in [1.54, 1.807) is 0 Å². The van der Waals surface area contributed by atoms with Gasteiger partial charge in [-0.25, -0.2) is 0 Å². The van der Waals surface area contributed by atoms with E-state index in [9.17, 15) is 14.9 Å². The van der Waals surface area contributed by atoms with Gasteiger partial charge in [0.2, 0.25) is 0 Å². The molecule has 0 heterocycles. The predicted octanol–water partition coefficient (Wildman–Crippen LogP) is 6.19. The molecular formula is C27H38ClN5O6. The van der Waals surface area contributed by atoms with Crippen LogP contribution in [0.3, 0.4) is 0 Å². The second-order valence-corrected chi connectivity index (χ2v) is 8.80. The summed E-state index contributed by atoms with van der Waals surface area (Å²) >= 11 is 6.06. The summed E-state index contributed by atoms with van der Waals surface area (Å²) in [4.78, 5) is 24.5. The molecule has 2 aromatic carbocycles. The number of nitrogens with one attached hydrogen (secondary N) is 1. The Labute approximate surface area is 234 Å². The second kappa shape index (κ2) is 18.2. The lowest BCUT2D eigenvalue weighted by molar-refractivity contribution is -0.384. The summed E-state index contributed by atoms with van der Waals surface area (Å²) < 4.78 is 16.4. The molecule has 2 aromatic rings. The molecule has 0 fully saturated rings. The molecule has 214 valence electrons. The lowest BCUT2D eigenvalue weighted by Crippen LogP contribution is -2.28. The number of ether oxygens (including phenoxy) is 3. The van der Waals surface area contributed by atoms with E-state index in [1.807, 2.05) is 45.0 Å². The van der Waals surface area contributed by atoms with Crippen molar-refractivity contribution < 1.29 is 23.9 Å². The summed E-state index contributed by atoms with van der Waals surface area (Å²) in [7, 11) is 0. The Bertz CT molecular complexity index is 1050. The van der Waals surface area contributed by atoms with Crippen LogP contribution in [0.2, 0.25) is 5.02 Å². The van der Waals surface area contributed by atoms with Crippen LogP contribution >= 0.6 is 11.6 Å². The van der Waals surface area contributed by atoms with E-state index in [2.05, 4.69) is 20.4 Å². The van der Waals surface area contributed by atoms with Crippen molar-refractivity contribution in [3.8, 4) is 0 Å². The van der Waals surface area contributed by atoms with Gasteiger partial charge >= 0.3 is 5.97 Å². The number of benzene rings is 2. The molecule has 0 amide bonds. The topological polar surface area (TPSA) is 128 Å². The fourth-order valence-electron chi connectivity index (χ4n) is 3.64. The van der Waals surface area contributed by atoms with Crippen LogP contribution < -0.4 is 10.2 Å². The number of carbonyl (C=O) groups excluding carboxylic acids is 1. The molecule has 1 N–H and O–H groups in total. The van der Waals surface area contributed by atoms with Crippen LogP contribution in [0.5, 0.6) is 0 Å². The summed E-state index contributed by atoms with van der Waals surface area (Å²) in [5, 5.41) is 22.5. The first-order valence-corrected chi connectivity index (χ1v) is 13.6. The van der Waals surface area contributed by atoms with Crippen molar-refractivity contribution in [2.24, 2.45) is 10.2 Å². The number of halogens is 1. The summed E-state index contributed by atoms with van der Waals surface area (Å²) in [5.41, 5.74) is 1.80. The van der Waals surface area contributed by atoms with Gasteiger partial charge in [-0.05, 0) is 70.5 Å². The highest BCUT2D eigenvalue weighted by Crippen LogP contribution is 2.30. The smallest absolute Gasteiger partial charge is 0.307 e. The second-order valence-electron chi connectivity index (χ2n) is 8.39. The maximum absolute atomic E-state index is 12.1. The van der Waals surface area contributed by atoms with Crippen molar-refractivity contribution >= 4 is 40.3 Å². The fraction of sp³-hybridized carbons (Fsp3) is 0.519. The van der Waals surface area contributed by atoms with E-state index in [4.69, 9.17) is 25.8 Å². The lowest BCUT2D eigenvalue weighted by Gasteiger charge is -2.23. The molecule has 0 aliphatic rings. The number of likely N-dealkylation sites (N-methyl/N-ethyl adjacent to an activating group) is 1. The molecule has 11 nitrogen and oxygen atoms in total. The van der Waals surface area contributed by atoms with Gasteiger partial charge in [0.25, 0.3) is 5.69 Å². The molecule has 39 heavy (non-hydrogen) atoms. The number of carbonyl (C=O) groups is 1. The lowest BCUT2D eigenvalue weighted by atomic mass is 10.2. The fourth-order valence-corrected chi connectivity index (χ4v) is 3.85. The molecular weight excluding hydrogens is 526 g/mol. The third kappa shape index (κ3) is 12.1. The van der Waals surface area contributed by atoms with Crippen LogP contribution in [0.4, 0.5) is 22.7 Å². The van der Waals surface area contributed by atoms with Crippen LogP contribution in [0.15, 0.2) is 52.7 Å². The first kappa shape index (κ1) is 32.1. The summed E-state index contributed by atoms with van der Waals surface area (Å²) in [6, 6.07) is 11.5. The Hall–Kier alpha value is -3.12. The Balaban J connectivity index is 1.70. The van der Waals surface area contributed by atoms with Gasteiger partial charge in [-0.2, -0.15) is 5.11 Å². The standard InChI is InChI=1S/C27H38ClN5O6/c1-4-32(18-19-39-26(34)15-17-29-16-7-8-27(37-5-2)38-6-3)22-11-9-21(10-12-22)30-31-25-14-13-23(33(35)36)20-24(25)28/h9-14,20,27,29H,4-8,15-19H2,1-3H3. The van der Waals surface area contributed by atoms with Crippen LogP contribution in [-0.4, -0.2) is 63.2 Å². The maximum atomic E-state index is 12.1. The van der Waals surface area contributed by atoms with Gasteiger partial charge in [0.05, 0.1) is 28.6 Å². The van der Waals surface area contributed by atoms with Gasteiger partial charge in [-0.1, -0.05) is 11.6 Å². The number of anilines is 1. The van der Waals surface area contributed by atoms with Crippen LogP contribution in [0, 0.1) is 10.1 Å². The number of nitro benzene ring substituents is 1. The predicted molar refractivity (Wildman–Crippen MR) is 151 cm³/mol. The third-order valence-corrected chi connectivity index (χ3v) is 5.94. The van der Waals surface area contributed by atoms with E-state index in [-0.39, 0.29) is 29.6 Å². The largest absolute Gasteiger partial charge is 0.464 e. The molecule has 0 aliphatic heterocycles. The van der Waals surface area contributed by atoms with Crippen molar-refractivity contribution in [3.63, 3.8) is 0 Å². The molecule has 0 aliphatic carbocycles. The number of non-ortho nitro benzene ring substituents is 1. The quantitative estimate of drug-likeness (QED) is 0.0535. The summed E-state index contributed by atoms with van der Waals surface area (Å²) in [6.45, 7) is 10.1. The zero-order valence-electron chi connectivity index (χ0n) is 22.8. The van der Waals surface area contributed by atoms with Gasteiger partial charge in [0.15, 0.2) is 6.29 Å². The van der Waals surface area contributed by atoms with Crippen LogP contribution in [0.25, 0.3) is 0 Å². The number of nitrogens with zero attached hydrogens (tertiary/aromatic N) is 4.